The summed E-state index contributed by atoms with van der Waals surface area (Å²) in [6.45, 7) is 0.832. The number of nitrogen functional groups attached to an aromatic ring is 1. The van der Waals surface area contributed by atoms with E-state index in [0.29, 0.717) is 11.4 Å². The standard InChI is InChI=1S/C12H15N3OS/c13-11-4-1-2-5-12(11)17(16)9-3-7-15-8-6-14-10-15/h1-2,4-6,8,10H,3,7,9,13H2. The Hall–Kier alpha value is -1.62. The lowest BCUT2D eigenvalue weighted by atomic mass is 10.3. The van der Waals surface area contributed by atoms with E-state index in [2.05, 4.69) is 4.98 Å². The highest BCUT2D eigenvalue weighted by Crippen LogP contribution is 2.16. The molecule has 0 radical (unpaired) electrons. The molecule has 1 heterocycles. The summed E-state index contributed by atoms with van der Waals surface area (Å²) in [4.78, 5) is 4.69. The van der Waals surface area contributed by atoms with Crippen molar-refractivity contribution in [2.75, 3.05) is 11.5 Å². The van der Waals surface area contributed by atoms with Crippen LogP contribution in [0.2, 0.25) is 0 Å². The lowest BCUT2D eigenvalue weighted by Crippen LogP contribution is -2.05. The van der Waals surface area contributed by atoms with Crippen molar-refractivity contribution < 1.29 is 4.21 Å². The number of aryl methyl sites for hydroxylation is 1. The van der Waals surface area contributed by atoms with Gasteiger partial charge in [0.05, 0.1) is 22.0 Å². The van der Waals surface area contributed by atoms with Crippen molar-refractivity contribution in [3.05, 3.63) is 43.0 Å². The number of nitrogens with two attached hydrogens (primary N) is 1. The monoisotopic (exact) mass is 249 g/mol. The largest absolute Gasteiger partial charge is 0.398 e. The SMILES string of the molecule is Nc1ccccc1S(=O)CCCn1ccnc1. The number of nitrogens with zero attached hydrogens (tertiary/aromatic N) is 2. The van der Waals surface area contributed by atoms with E-state index >= 15 is 0 Å². The summed E-state index contributed by atoms with van der Waals surface area (Å²) in [5.74, 6) is 0.617. The molecule has 5 heteroatoms. The summed E-state index contributed by atoms with van der Waals surface area (Å²) in [6.07, 6.45) is 6.25. The van der Waals surface area contributed by atoms with Gasteiger partial charge < -0.3 is 10.3 Å². The third kappa shape index (κ3) is 3.17. The topological polar surface area (TPSA) is 60.9 Å². The summed E-state index contributed by atoms with van der Waals surface area (Å²) in [6, 6.07) is 7.31. The first-order valence-electron chi connectivity index (χ1n) is 5.46. The summed E-state index contributed by atoms with van der Waals surface area (Å²) in [7, 11) is -1.02. The zero-order valence-electron chi connectivity index (χ0n) is 9.45. The Labute approximate surface area is 103 Å². The fraction of sp³-hybridized carbons (Fsp3) is 0.250. The molecule has 2 rings (SSSR count). The Morgan fingerprint density at radius 1 is 1.35 bits per heavy atom. The minimum Gasteiger partial charge on any atom is -0.398 e. The van der Waals surface area contributed by atoms with Crippen molar-refractivity contribution >= 4 is 16.5 Å². The number of para-hydroxylation sites is 1. The van der Waals surface area contributed by atoms with Gasteiger partial charge in [-0.25, -0.2) is 4.98 Å². The molecular formula is C12H15N3OS. The second-order valence-corrected chi connectivity index (χ2v) is 5.28. The van der Waals surface area contributed by atoms with E-state index < -0.39 is 10.8 Å². The Kier molecular flexibility index (Phi) is 3.93. The lowest BCUT2D eigenvalue weighted by molar-refractivity contribution is 0.658. The van der Waals surface area contributed by atoms with Crippen LogP contribution in [0.5, 0.6) is 0 Å². The van der Waals surface area contributed by atoms with Crippen molar-refractivity contribution in [1.82, 2.24) is 9.55 Å². The molecule has 0 aliphatic carbocycles. The second kappa shape index (κ2) is 5.63. The molecule has 0 bridgehead atoms. The van der Waals surface area contributed by atoms with E-state index in [1.165, 1.54) is 0 Å². The van der Waals surface area contributed by atoms with E-state index in [-0.39, 0.29) is 0 Å². The van der Waals surface area contributed by atoms with Crippen LogP contribution >= 0.6 is 0 Å². The maximum atomic E-state index is 12.0. The van der Waals surface area contributed by atoms with E-state index in [0.717, 1.165) is 17.9 Å². The van der Waals surface area contributed by atoms with Crippen molar-refractivity contribution in [2.24, 2.45) is 0 Å². The van der Waals surface area contributed by atoms with Crippen LogP contribution in [0.4, 0.5) is 5.69 Å². The van der Waals surface area contributed by atoms with Gasteiger partial charge in [-0.3, -0.25) is 4.21 Å². The molecule has 0 saturated heterocycles. The average Bonchev–Trinajstić information content (AvgIpc) is 2.82. The van der Waals surface area contributed by atoms with Crippen molar-refractivity contribution in [1.29, 1.82) is 0 Å². The molecule has 2 aromatic rings. The van der Waals surface area contributed by atoms with E-state index in [1.54, 1.807) is 18.6 Å². The highest BCUT2D eigenvalue weighted by atomic mass is 32.2. The zero-order valence-corrected chi connectivity index (χ0v) is 10.3. The Bertz CT molecular complexity index is 496. The number of rotatable bonds is 5. The van der Waals surface area contributed by atoms with Crippen molar-refractivity contribution in [2.45, 2.75) is 17.9 Å². The van der Waals surface area contributed by atoms with Crippen molar-refractivity contribution in [3.8, 4) is 0 Å². The summed E-state index contributed by atoms with van der Waals surface area (Å²) in [5.41, 5.74) is 6.38. The molecule has 90 valence electrons. The fourth-order valence-electron chi connectivity index (χ4n) is 1.60. The first kappa shape index (κ1) is 11.9. The normalized spacial score (nSPS) is 12.5. The summed E-state index contributed by atoms with van der Waals surface area (Å²) >= 11 is 0. The molecular weight excluding hydrogens is 234 g/mol. The van der Waals surface area contributed by atoms with Gasteiger partial charge in [-0.05, 0) is 18.6 Å². The fourth-order valence-corrected chi connectivity index (χ4v) is 2.77. The number of benzene rings is 1. The quantitative estimate of drug-likeness (QED) is 0.820. The molecule has 1 atom stereocenters. The third-order valence-electron chi connectivity index (χ3n) is 2.47. The highest BCUT2D eigenvalue weighted by molar-refractivity contribution is 7.85. The molecule has 0 aliphatic rings. The number of anilines is 1. The maximum absolute atomic E-state index is 12.0. The van der Waals surface area contributed by atoms with Gasteiger partial charge in [0.15, 0.2) is 0 Å². The smallest absolute Gasteiger partial charge is 0.0945 e. The van der Waals surface area contributed by atoms with Gasteiger partial charge in [-0.1, -0.05) is 12.1 Å². The van der Waals surface area contributed by atoms with E-state index in [1.807, 2.05) is 29.0 Å². The summed E-state index contributed by atoms with van der Waals surface area (Å²) in [5, 5.41) is 0. The van der Waals surface area contributed by atoms with Crippen LogP contribution in [-0.2, 0) is 17.3 Å². The Morgan fingerprint density at radius 3 is 2.88 bits per heavy atom. The molecule has 0 saturated carbocycles. The van der Waals surface area contributed by atoms with Crippen LogP contribution in [0.25, 0.3) is 0 Å². The van der Waals surface area contributed by atoms with Crippen LogP contribution in [0.1, 0.15) is 6.42 Å². The molecule has 4 nitrogen and oxygen atoms in total. The van der Waals surface area contributed by atoms with Crippen molar-refractivity contribution in [3.63, 3.8) is 0 Å². The molecule has 0 fully saturated rings. The number of hydrogen-bond acceptors (Lipinski definition) is 3. The molecule has 0 amide bonds. The van der Waals surface area contributed by atoms with Gasteiger partial charge in [0, 0.05) is 30.4 Å². The van der Waals surface area contributed by atoms with Crippen LogP contribution in [0, 0.1) is 0 Å². The minimum atomic E-state index is -1.02. The second-order valence-electron chi connectivity index (χ2n) is 3.74. The zero-order chi connectivity index (χ0) is 12.1. The van der Waals surface area contributed by atoms with Crippen LogP contribution in [0.3, 0.4) is 0 Å². The predicted octanol–water partition coefficient (Wildman–Crippen LogP) is 1.66. The molecule has 1 aromatic carbocycles. The van der Waals surface area contributed by atoms with Gasteiger partial charge in [-0.15, -0.1) is 0 Å². The molecule has 2 N–H and O–H groups in total. The van der Waals surface area contributed by atoms with Gasteiger partial charge >= 0.3 is 0 Å². The highest BCUT2D eigenvalue weighted by Gasteiger charge is 2.06. The van der Waals surface area contributed by atoms with Gasteiger partial charge in [0.1, 0.15) is 0 Å². The Balaban J connectivity index is 1.88. The van der Waals surface area contributed by atoms with E-state index in [4.69, 9.17) is 5.73 Å². The number of hydrogen-bond donors (Lipinski definition) is 1. The van der Waals surface area contributed by atoms with E-state index in [9.17, 15) is 4.21 Å². The third-order valence-corrected chi connectivity index (χ3v) is 3.99. The first-order valence-corrected chi connectivity index (χ1v) is 6.78. The minimum absolute atomic E-state index is 0.605. The molecule has 0 aliphatic heterocycles. The summed E-state index contributed by atoms with van der Waals surface area (Å²) < 4.78 is 14.0. The molecule has 1 aromatic heterocycles. The maximum Gasteiger partial charge on any atom is 0.0945 e. The van der Waals surface area contributed by atoms with Gasteiger partial charge in [0.25, 0.3) is 0 Å². The number of imidazole rings is 1. The first-order chi connectivity index (χ1) is 8.27. The van der Waals surface area contributed by atoms with Crippen LogP contribution in [0.15, 0.2) is 47.9 Å². The average molecular weight is 249 g/mol. The van der Waals surface area contributed by atoms with Gasteiger partial charge in [-0.2, -0.15) is 0 Å². The lowest BCUT2D eigenvalue weighted by Gasteiger charge is -2.05. The predicted molar refractivity (Wildman–Crippen MR) is 69.0 cm³/mol. The molecule has 0 spiro atoms. The number of aromatic nitrogens is 2. The Morgan fingerprint density at radius 2 is 2.18 bits per heavy atom. The van der Waals surface area contributed by atoms with Crippen LogP contribution < -0.4 is 5.73 Å². The molecule has 17 heavy (non-hydrogen) atoms. The van der Waals surface area contributed by atoms with Crippen LogP contribution in [-0.4, -0.2) is 19.5 Å². The molecule has 1 unspecified atom stereocenters. The van der Waals surface area contributed by atoms with Gasteiger partial charge in [0.2, 0.25) is 0 Å².